The van der Waals surface area contributed by atoms with E-state index in [2.05, 4.69) is 15.3 Å². The van der Waals surface area contributed by atoms with Crippen molar-refractivity contribution in [2.24, 2.45) is 0 Å². The second-order valence-corrected chi connectivity index (χ2v) is 5.37. The van der Waals surface area contributed by atoms with E-state index in [4.69, 9.17) is 0 Å². The predicted octanol–water partition coefficient (Wildman–Crippen LogP) is 3.02. The minimum Gasteiger partial charge on any atom is -0.507 e. The average molecular weight is 307 g/mol. The number of phenolic OH excluding ortho intramolecular Hbond substituents is 1. The molecule has 0 fully saturated rings. The molecule has 0 aliphatic carbocycles. The Morgan fingerprint density at radius 1 is 1.22 bits per heavy atom. The van der Waals surface area contributed by atoms with Gasteiger partial charge in [-0.3, -0.25) is 4.79 Å². The molecule has 0 atom stereocenters. The summed E-state index contributed by atoms with van der Waals surface area (Å²) in [6.07, 6.45) is 3.40. The second-order valence-electron chi connectivity index (χ2n) is 5.37. The molecule has 0 aliphatic heterocycles. The summed E-state index contributed by atoms with van der Waals surface area (Å²) in [5.74, 6) is -0.294. The molecule has 0 spiro atoms. The van der Waals surface area contributed by atoms with Crippen LogP contribution >= 0.6 is 0 Å². The molecule has 0 saturated carbocycles. The maximum atomic E-state index is 12.1. The first-order valence-corrected chi connectivity index (χ1v) is 7.29. The number of hydrogen-bond acceptors (Lipinski definition) is 3. The number of amides is 1. The van der Waals surface area contributed by atoms with Crippen LogP contribution in [0.4, 0.5) is 0 Å². The number of rotatable bonds is 4. The minimum absolute atomic E-state index is 0.00269. The third-order valence-corrected chi connectivity index (χ3v) is 3.61. The largest absolute Gasteiger partial charge is 0.507 e. The van der Waals surface area contributed by atoms with E-state index in [0.717, 1.165) is 22.4 Å². The van der Waals surface area contributed by atoms with Gasteiger partial charge < -0.3 is 15.4 Å². The fourth-order valence-corrected chi connectivity index (χ4v) is 2.33. The van der Waals surface area contributed by atoms with Crippen molar-refractivity contribution in [2.75, 3.05) is 0 Å². The van der Waals surface area contributed by atoms with Gasteiger partial charge in [-0.05, 0) is 35.7 Å². The molecule has 0 unspecified atom stereocenters. The number of nitrogens with one attached hydrogen (secondary N) is 2. The zero-order valence-corrected chi connectivity index (χ0v) is 12.7. The molecule has 1 aromatic heterocycles. The van der Waals surface area contributed by atoms with E-state index < -0.39 is 0 Å². The predicted molar refractivity (Wildman–Crippen MR) is 88.0 cm³/mol. The molecule has 2 aromatic carbocycles. The molecular weight excluding hydrogens is 290 g/mol. The lowest BCUT2D eigenvalue weighted by molar-refractivity contribution is 0.0948. The number of phenols is 1. The number of nitrogens with zero attached hydrogens (tertiary/aromatic N) is 1. The third-order valence-electron chi connectivity index (χ3n) is 3.61. The summed E-state index contributed by atoms with van der Waals surface area (Å²) in [7, 11) is 0. The van der Waals surface area contributed by atoms with Crippen molar-refractivity contribution in [2.45, 2.75) is 13.5 Å². The molecule has 0 saturated heterocycles. The smallest absolute Gasteiger partial charge is 0.255 e. The highest BCUT2D eigenvalue weighted by Gasteiger charge is 2.10. The molecule has 0 bridgehead atoms. The summed E-state index contributed by atoms with van der Waals surface area (Å²) in [6, 6.07) is 12.8. The zero-order valence-electron chi connectivity index (χ0n) is 12.7. The Hall–Kier alpha value is -3.08. The van der Waals surface area contributed by atoms with Gasteiger partial charge in [0.1, 0.15) is 5.75 Å². The maximum absolute atomic E-state index is 12.1. The number of aromatic hydroxyl groups is 1. The van der Waals surface area contributed by atoms with Gasteiger partial charge >= 0.3 is 0 Å². The zero-order chi connectivity index (χ0) is 16.2. The standard InChI is InChI=1S/C18H17N3O2/c1-12-2-7-15(17(22)8-12)18(23)20-9-13-3-5-14(6-4-13)16-10-19-11-21-16/h2-8,10-11,22H,9H2,1H3,(H,19,21)(H,20,23). The van der Waals surface area contributed by atoms with Crippen LogP contribution in [0.2, 0.25) is 0 Å². The van der Waals surface area contributed by atoms with Crippen LogP contribution < -0.4 is 5.32 Å². The number of hydrogen-bond donors (Lipinski definition) is 3. The van der Waals surface area contributed by atoms with Crippen LogP contribution in [-0.4, -0.2) is 21.0 Å². The number of aryl methyl sites for hydroxylation is 1. The maximum Gasteiger partial charge on any atom is 0.255 e. The van der Waals surface area contributed by atoms with Gasteiger partial charge in [0.15, 0.2) is 0 Å². The van der Waals surface area contributed by atoms with Crippen molar-refractivity contribution in [3.8, 4) is 17.0 Å². The molecule has 5 heteroatoms. The molecule has 0 aliphatic rings. The van der Waals surface area contributed by atoms with Gasteiger partial charge in [0.05, 0.1) is 23.8 Å². The molecule has 3 rings (SSSR count). The van der Waals surface area contributed by atoms with Gasteiger partial charge in [0.25, 0.3) is 5.91 Å². The van der Waals surface area contributed by atoms with Gasteiger partial charge in [-0.15, -0.1) is 0 Å². The van der Waals surface area contributed by atoms with Crippen molar-refractivity contribution >= 4 is 5.91 Å². The average Bonchev–Trinajstić information content (AvgIpc) is 3.07. The Morgan fingerprint density at radius 2 is 2.00 bits per heavy atom. The van der Waals surface area contributed by atoms with Crippen LogP contribution in [0.3, 0.4) is 0 Å². The molecular formula is C18H17N3O2. The van der Waals surface area contributed by atoms with Crippen LogP contribution in [0.25, 0.3) is 11.3 Å². The fourth-order valence-electron chi connectivity index (χ4n) is 2.33. The van der Waals surface area contributed by atoms with Gasteiger partial charge in [0, 0.05) is 6.54 Å². The molecule has 3 N–H and O–H groups in total. The molecule has 3 aromatic rings. The number of H-pyrrole nitrogens is 1. The Morgan fingerprint density at radius 3 is 2.65 bits per heavy atom. The first kappa shape index (κ1) is 14.8. The van der Waals surface area contributed by atoms with Gasteiger partial charge in [0.2, 0.25) is 0 Å². The number of benzene rings is 2. The molecule has 23 heavy (non-hydrogen) atoms. The van der Waals surface area contributed by atoms with E-state index in [9.17, 15) is 9.90 Å². The molecule has 1 heterocycles. The van der Waals surface area contributed by atoms with Gasteiger partial charge in [-0.1, -0.05) is 30.3 Å². The summed E-state index contributed by atoms with van der Waals surface area (Å²) >= 11 is 0. The SMILES string of the molecule is Cc1ccc(C(=O)NCc2ccc(-c3cnc[nH]3)cc2)c(O)c1. The summed E-state index contributed by atoms with van der Waals surface area (Å²) in [5.41, 5.74) is 4.16. The molecule has 116 valence electrons. The van der Waals surface area contributed by atoms with E-state index in [1.807, 2.05) is 31.2 Å². The Labute approximate surface area is 134 Å². The van der Waals surface area contributed by atoms with E-state index in [0.29, 0.717) is 6.54 Å². The summed E-state index contributed by atoms with van der Waals surface area (Å²) in [4.78, 5) is 19.2. The number of imidazole rings is 1. The van der Waals surface area contributed by atoms with Crippen molar-refractivity contribution in [1.82, 2.24) is 15.3 Å². The van der Waals surface area contributed by atoms with Crippen LogP contribution in [0.1, 0.15) is 21.5 Å². The van der Waals surface area contributed by atoms with Crippen molar-refractivity contribution < 1.29 is 9.90 Å². The van der Waals surface area contributed by atoms with Crippen molar-refractivity contribution in [3.63, 3.8) is 0 Å². The first-order valence-electron chi connectivity index (χ1n) is 7.29. The highest BCUT2D eigenvalue weighted by atomic mass is 16.3. The number of carbonyl (C=O) groups excluding carboxylic acids is 1. The highest BCUT2D eigenvalue weighted by molar-refractivity contribution is 5.96. The molecule has 5 nitrogen and oxygen atoms in total. The number of aromatic amines is 1. The molecule has 1 amide bonds. The summed E-state index contributed by atoms with van der Waals surface area (Å²) in [5, 5.41) is 12.6. The van der Waals surface area contributed by atoms with Crippen LogP contribution in [0.5, 0.6) is 5.75 Å². The monoisotopic (exact) mass is 307 g/mol. The second kappa shape index (κ2) is 6.36. The van der Waals surface area contributed by atoms with Crippen LogP contribution in [0, 0.1) is 6.92 Å². The summed E-state index contributed by atoms with van der Waals surface area (Å²) in [6.45, 7) is 2.26. The number of carbonyl (C=O) groups is 1. The quantitative estimate of drug-likeness (QED) is 0.693. The Balaban J connectivity index is 1.65. The topological polar surface area (TPSA) is 78.0 Å². The van der Waals surface area contributed by atoms with E-state index in [1.165, 1.54) is 0 Å². The minimum atomic E-state index is -0.292. The lowest BCUT2D eigenvalue weighted by Gasteiger charge is -2.08. The van der Waals surface area contributed by atoms with Crippen molar-refractivity contribution in [3.05, 3.63) is 71.7 Å². The molecule has 0 radical (unpaired) electrons. The third kappa shape index (κ3) is 3.40. The van der Waals surface area contributed by atoms with Gasteiger partial charge in [-0.25, -0.2) is 4.98 Å². The van der Waals surface area contributed by atoms with Crippen LogP contribution in [-0.2, 0) is 6.54 Å². The van der Waals surface area contributed by atoms with E-state index in [1.54, 1.807) is 30.7 Å². The van der Waals surface area contributed by atoms with E-state index >= 15 is 0 Å². The van der Waals surface area contributed by atoms with Gasteiger partial charge in [-0.2, -0.15) is 0 Å². The van der Waals surface area contributed by atoms with E-state index in [-0.39, 0.29) is 17.2 Å². The Kier molecular flexibility index (Phi) is 4.10. The highest BCUT2D eigenvalue weighted by Crippen LogP contribution is 2.19. The first-order chi connectivity index (χ1) is 11.1. The lowest BCUT2D eigenvalue weighted by Crippen LogP contribution is -2.22. The number of aromatic nitrogens is 2. The fraction of sp³-hybridized carbons (Fsp3) is 0.111. The lowest BCUT2D eigenvalue weighted by atomic mass is 10.1. The normalized spacial score (nSPS) is 10.5. The van der Waals surface area contributed by atoms with Crippen molar-refractivity contribution in [1.29, 1.82) is 0 Å². The Bertz CT molecular complexity index is 809. The summed E-state index contributed by atoms with van der Waals surface area (Å²) < 4.78 is 0. The van der Waals surface area contributed by atoms with Crippen LogP contribution in [0.15, 0.2) is 55.0 Å².